The largest absolute Gasteiger partial charge is 0.492 e. The second-order valence-corrected chi connectivity index (χ2v) is 5.56. The summed E-state index contributed by atoms with van der Waals surface area (Å²) in [5.41, 5.74) is 2.69. The van der Waals surface area contributed by atoms with Gasteiger partial charge in [0.15, 0.2) is 0 Å². The van der Waals surface area contributed by atoms with E-state index >= 15 is 0 Å². The predicted molar refractivity (Wildman–Crippen MR) is 89.3 cm³/mol. The highest BCUT2D eigenvalue weighted by molar-refractivity contribution is 6.30. The molecule has 1 unspecified atom stereocenters. The molecule has 0 bridgehead atoms. The summed E-state index contributed by atoms with van der Waals surface area (Å²) in [6.45, 7) is 2.79. The van der Waals surface area contributed by atoms with Gasteiger partial charge in [-0.15, -0.1) is 0 Å². The highest BCUT2D eigenvalue weighted by Crippen LogP contribution is 2.17. The lowest BCUT2D eigenvalue weighted by atomic mass is 10.0. The first kappa shape index (κ1) is 15.9. The van der Waals surface area contributed by atoms with Gasteiger partial charge >= 0.3 is 0 Å². The third-order valence-corrected chi connectivity index (χ3v) is 3.80. The monoisotopic (exact) mass is 303 g/mol. The number of benzene rings is 2. The van der Waals surface area contributed by atoms with Crippen LogP contribution in [0.25, 0.3) is 0 Å². The Labute approximate surface area is 132 Å². The van der Waals surface area contributed by atoms with E-state index in [1.165, 1.54) is 11.1 Å². The second kappa shape index (κ2) is 8.06. The van der Waals surface area contributed by atoms with Crippen molar-refractivity contribution in [1.29, 1.82) is 0 Å². The van der Waals surface area contributed by atoms with E-state index in [1.54, 1.807) is 0 Å². The van der Waals surface area contributed by atoms with Crippen LogP contribution in [0.15, 0.2) is 48.5 Å². The first-order valence-electron chi connectivity index (χ1n) is 7.34. The van der Waals surface area contributed by atoms with Gasteiger partial charge in [-0.05, 0) is 49.2 Å². The average molecular weight is 304 g/mol. The number of nitrogens with one attached hydrogen (secondary N) is 1. The van der Waals surface area contributed by atoms with Gasteiger partial charge in [0.1, 0.15) is 12.4 Å². The summed E-state index contributed by atoms with van der Waals surface area (Å²) < 4.78 is 5.81. The Balaban J connectivity index is 1.90. The number of hydrogen-bond donors (Lipinski definition) is 1. The smallest absolute Gasteiger partial charge is 0.120 e. The number of hydrogen-bond acceptors (Lipinski definition) is 2. The Morgan fingerprint density at radius 1 is 1.10 bits per heavy atom. The molecule has 0 spiro atoms. The minimum atomic E-state index is 0.274. The van der Waals surface area contributed by atoms with Crippen molar-refractivity contribution in [3.63, 3.8) is 0 Å². The molecule has 0 amide bonds. The minimum Gasteiger partial charge on any atom is -0.492 e. The van der Waals surface area contributed by atoms with Crippen molar-refractivity contribution < 1.29 is 4.74 Å². The van der Waals surface area contributed by atoms with E-state index in [9.17, 15) is 0 Å². The van der Waals surface area contributed by atoms with Crippen LogP contribution in [-0.2, 0) is 12.8 Å². The summed E-state index contributed by atoms with van der Waals surface area (Å²) in [5.74, 6) is 0.809. The van der Waals surface area contributed by atoms with E-state index in [4.69, 9.17) is 16.3 Å². The molecule has 0 aromatic heterocycles. The molecule has 3 heteroatoms. The zero-order valence-electron chi connectivity index (χ0n) is 12.6. The van der Waals surface area contributed by atoms with Gasteiger partial charge in [-0.1, -0.05) is 48.9 Å². The fourth-order valence-corrected chi connectivity index (χ4v) is 2.37. The van der Waals surface area contributed by atoms with Gasteiger partial charge in [0.05, 0.1) is 0 Å². The first-order chi connectivity index (χ1) is 10.2. The third kappa shape index (κ3) is 5.07. The lowest BCUT2D eigenvalue weighted by molar-refractivity contribution is 0.270. The SMILES string of the molecule is CCc1ccc(CC(COc2cccc(Cl)c2)NC)cc1. The lowest BCUT2D eigenvalue weighted by Crippen LogP contribution is -2.33. The van der Waals surface area contributed by atoms with Gasteiger partial charge in [0, 0.05) is 11.1 Å². The van der Waals surface area contributed by atoms with E-state index in [0.717, 1.165) is 18.6 Å². The van der Waals surface area contributed by atoms with E-state index in [0.29, 0.717) is 11.6 Å². The van der Waals surface area contributed by atoms with Gasteiger partial charge in [0.25, 0.3) is 0 Å². The molecule has 112 valence electrons. The van der Waals surface area contributed by atoms with Crippen LogP contribution < -0.4 is 10.1 Å². The average Bonchev–Trinajstić information content (AvgIpc) is 2.52. The maximum Gasteiger partial charge on any atom is 0.120 e. The standard InChI is InChI=1S/C18H22ClNO/c1-3-14-7-9-15(10-8-14)11-17(20-2)13-21-18-6-4-5-16(19)12-18/h4-10,12,17,20H,3,11,13H2,1-2H3. The van der Waals surface area contributed by atoms with Crippen molar-refractivity contribution in [2.75, 3.05) is 13.7 Å². The molecule has 2 rings (SSSR count). The fourth-order valence-electron chi connectivity index (χ4n) is 2.19. The van der Waals surface area contributed by atoms with Crippen LogP contribution in [0.5, 0.6) is 5.75 Å². The molecule has 2 aromatic rings. The zero-order valence-corrected chi connectivity index (χ0v) is 13.4. The highest BCUT2D eigenvalue weighted by Gasteiger charge is 2.08. The van der Waals surface area contributed by atoms with Crippen LogP contribution in [0.4, 0.5) is 0 Å². The van der Waals surface area contributed by atoms with Crippen LogP contribution in [0.1, 0.15) is 18.1 Å². The molecule has 0 radical (unpaired) electrons. The van der Waals surface area contributed by atoms with E-state index in [2.05, 4.69) is 36.5 Å². The quantitative estimate of drug-likeness (QED) is 0.831. The number of ether oxygens (including phenoxy) is 1. The molecule has 0 saturated heterocycles. The molecule has 1 atom stereocenters. The molecule has 0 fully saturated rings. The lowest BCUT2D eigenvalue weighted by Gasteiger charge is -2.17. The Hall–Kier alpha value is -1.51. The number of likely N-dealkylation sites (N-methyl/N-ethyl adjacent to an activating group) is 1. The van der Waals surface area contributed by atoms with Crippen LogP contribution in [-0.4, -0.2) is 19.7 Å². The van der Waals surface area contributed by atoms with Crippen molar-refractivity contribution in [3.05, 3.63) is 64.7 Å². The molecular formula is C18H22ClNO. The number of halogens is 1. The summed E-state index contributed by atoms with van der Waals surface area (Å²) in [4.78, 5) is 0. The molecule has 0 saturated carbocycles. The molecule has 2 nitrogen and oxygen atoms in total. The summed E-state index contributed by atoms with van der Waals surface area (Å²) in [6.07, 6.45) is 2.02. The summed E-state index contributed by atoms with van der Waals surface area (Å²) in [5, 5.41) is 4.00. The maximum atomic E-state index is 5.96. The van der Waals surface area contributed by atoms with Crippen molar-refractivity contribution in [3.8, 4) is 5.75 Å². The summed E-state index contributed by atoms with van der Waals surface area (Å²) in [6, 6.07) is 16.6. The van der Waals surface area contributed by atoms with Crippen molar-refractivity contribution in [2.45, 2.75) is 25.8 Å². The fraction of sp³-hybridized carbons (Fsp3) is 0.333. The molecule has 0 aliphatic heterocycles. The predicted octanol–water partition coefficient (Wildman–Crippen LogP) is 4.11. The molecule has 0 aliphatic carbocycles. The van der Waals surface area contributed by atoms with Crippen LogP contribution in [0.2, 0.25) is 5.02 Å². The van der Waals surface area contributed by atoms with Crippen molar-refractivity contribution in [2.24, 2.45) is 0 Å². The van der Waals surface area contributed by atoms with Crippen molar-refractivity contribution >= 4 is 11.6 Å². The van der Waals surface area contributed by atoms with E-state index in [-0.39, 0.29) is 6.04 Å². The van der Waals surface area contributed by atoms with E-state index in [1.807, 2.05) is 31.3 Å². The Bertz CT molecular complexity index is 553. The Kier molecular flexibility index (Phi) is 6.09. The van der Waals surface area contributed by atoms with Gasteiger partial charge in [-0.25, -0.2) is 0 Å². The topological polar surface area (TPSA) is 21.3 Å². The maximum absolute atomic E-state index is 5.96. The third-order valence-electron chi connectivity index (χ3n) is 3.57. The zero-order chi connectivity index (χ0) is 15.1. The Morgan fingerprint density at radius 2 is 1.81 bits per heavy atom. The van der Waals surface area contributed by atoms with Gasteiger partial charge in [0.2, 0.25) is 0 Å². The molecule has 0 aliphatic rings. The first-order valence-corrected chi connectivity index (χ1v) is 7.72. The second-order valence-electron chi connectivity index (χ2n) is 5.13. The van der Waals surface area contributed by atoms with Crippen LogP contribution in [0.3, 0.4) is 0 Å². The van der Waals surface area contributed by atoms with Gasteiger partial charge < -0.3 is 10.1 Å². The van der Waals surface area contributed by atoms with Gasteiger partial charge in [-0.2, -0.15) is 0 Å². The van der Waals surface area contributed by atoms with Crippen molar-refractivity contribution in [1.82, 2.24) is 5.32 Å². The number of rotatable bonds is 7. The minimum absolute atomic E-state index is 0.274. The molecule has 21 heavy (non-hydrogen) atoms. The van der Waals surface area contributed by atoms with Crippen LogP contribution in [0, 0.1) is 0 Å². The highest BCUT2D eigenvalue weighted by atomic mass is 35.5. The number of aryl methyl sites for hydroxylation is 1. The summed E-state index contributed by atoms with van der Waals surface area (Å²) >= 11 is 5.96. The van der Waals surface area contributed by atoms with Crippen LogP contribution >= 0.6 is 11.6 Å². The van der Waals surface area contributed by atoms with Gasteiger partial charge in [-0.3, -0.25) is 0 Å². The molecular weight excluding hydrogens is 282 g/mol. The van der Waals surface area contributed by atoms with E-state index < -0.39 is 0 Å². The summed E-state index contributed by atoms with van der Waals surface area (Å²) in [7, 11) is 1.96. The normalized spacial score (nSPS) is 12.1. The molecule has 0 heterocycles. The Morgan fingerprint density at radius 3 is 2.43 bits per heavy atom. The molecule has 1 N–H and O–H groups in total. The molecule has 2 aromatic carbocycles.